The molecule has 11 rings (SSSR count). The van der Waals surface area contributed by atoms with Gasteiger partial charge in [-0.3, -0.25) is 0 Å². The second-order valence-corrected chi connectivity index (χ2v) is 17.6. The number of hydrogen-bond donors (Lipinski definition) is 2. The first-order chi connectivity index (χ1) is 22.4. The van der Waals surface area contributed by atoms with E-state index in [0.717, 1.165) is 91.3 Å². The fourth-order valence-electron chi connectivity index (χ4n) is 10.6. The number of ether oxygens (including phenoxy) is 2. The summed E-state index contributed by atoms with van der Waals surface area (Å²) in [6.07, 6.45) is 22.7. The van der Waals surface area contributed by atoms with Crippen molar-refractivity contribution in [3.8, 4) is 0 Å². The summed E-state index contributed by atoms with van der Waals surface area (Å²) in [5.74, 6) is 4.30. The molecule has 11 aliphatic rings. The topological polar surface area (TPSA) is 76.7 Å². The van der Waals surface area contributed by atoms with Crippen LogP contribution in [-0.4, -0.2) is 29.6 Å². The Morgan fingerprint density at radius 3 is 2.80 bits per heavy atom. The third kappa shape index (κ3) is 4.30. The Morgan fingerprint density at radius 1 is 1.09 bits per heavy atom. The van der Waals surface area contributed by atoms with Gasteiger partial charge in [0.25, 0.3) is 0 Å². The Morgan fingerprint density at radius 2 is 1.96 bits per heavy atom. The van der Waals surface area contributed by atoms with Crippen LogP contribution in [0.5, 0.6) is 0 Å². The molecule has 0 amide bonds. The van der Waals surface area contributed by atoms with Gasteiger partial charge in [0.15, 0.2) is 0 Å². The van der Waals surface area contributed by atoms with Gasteiger partial charge in [-0.1, -0.05) is 72.1 Å². The maximum Gasteiger partial charge on any atom is 0.340 e. The molecule has 6 aliphatic heterocycles. The molecule has 2 N–H and O–H groups in total. The third-order valence-electron chi connectivity index (χ3n) is 12.8. The first kappa shape index (κ1) is 29.6. The van der Waals surface area contributed by atoms with Crippen LogP contribution >= 0.6 is 21.6 Å². The Bertz CT molecular complexity index is 1640. The van der Waals surface area contributed by atoms with Crippen molar-refractivity contribution in [3.05, 3.63) is 81.2 Å². The van der Waals surface area contributed by atoms with Gasteiger partial charge in [0.2, 0.25) is 0 Å². The number of rotatable bonds is 2. The van der Waals surface area contributed by atoms with Crippen LogP contribution in [0.15, 0.2) is 81.2 Å². The van der Waals surface area contributed by atoms with E-state index in [1.807, 2.05) is 21.6 Å². The highest BCUT2D eigenvalue weighted by molar-refractivity contribution is 8.77. The second kappa shape index (κ2) is 11.0. The largest absolute Gasteiger partial charge is 0.427 e. The summed E-state index contributed by atoms with van der Waals surface area (Å²) in [6.45, 7) is 5.33. The lowest BCUT2D eigenvalue weighted by atomic mass is 9.44. The monoisotopic (exact) mass is 656 g/mol. The summed E-state index contributed by atoms with van der Waals surface area (Å²) in [5.41, 5.74) is 6.15. The molecule has 0 aromatic carbocycles. The molecule has 242 valence electrons. The average Bonchev–Trinajstić information content (AvgIpc) is 3.75. The van der Waals surface area contributed by atoms with Crippen LogP contribution in [0.3, 0.4) is 0 Å². The van der Waals surface area contributed by atoms with E-state index in [4.69, 9.17) is 9.47 Å². The van der Waals surface area contributed by atoms with E-state index in [1.54, 1.807) is 0 Å². The number of cyclic esters (lactones) is 1. The van der Waals surface area contributed by atoms with Crippen molar-refractivity contribution in [2.45, 2.75) is 89.9 Å². The predicted octanol–water partition coefficient (Wildman–Crippen LogP) is 7.91. The Kier molecular flexibility index (Phi) is 7.05. The van der Waals surface area contributed by atoms with Crippen LogP contribution in [0.2, 0.25) is 0 Å². The van der Waals surface area contributed by atoms with Gasteiger partial charge in [0.05, 0.1) is 11.0 Å². The average molecular weight is 657 g/mol. The SMILES string of the molecule is CCC1(/C=C2\OC(=O)C3=C2CC[C@H]2[C@@H]4CC[C@@]5(C6=C4CC4=CCNC7=C4C=C[C@H](N7)SSC[C@@H](C)C/C=C/5OC6=O)[C@@H]32)CCCC1. The lowest BCUT2D eigenvalue weighted by molar-refractivity contribution is -0.135. The third-order valence-corrected chi connectivity index (χ3v) is 15.6. The van der Waals surface area contributed by atoms with Crippen LogP contribution in [-0.2, 0) is 19.1 Å². The van der Waals surface area contributed by atoms with Crippen molar-refractivity contribution in [3.63, 3.8) is 0 Å². The molecule has 46 heavy (non-hydrogen) atoms. The molecule has 9 bridgehead atoms. The van der Waals surface area contributed by atoms with Gasteiger partial charge in [-0.25, -0.2) is 9.59 Å². The number of hydrogen-bond acceptors (Lipinski definition) is 8. The molecule has 6 heterocycles. The summed E-state index contributed by atoms with van der Waals surface area (Å²) < 4.78 is 12.6. The van der Waals surface area contributed by atoms with Crippen LogP contribution in [0.4, 0.5) is 0 Å². The summed E-state index contributed by atoms with van der Waals surface area (Å²) in [4.78, 5) is 28.3. The molecule has 3 fully saturated rings. The lowest BCUT2D eigenvalue weighted by Crippen LogP contribution is -2.52. The summed E-state index contributed by atoms with van der Waals surface area (Å²) in [6, 6.07) is 0. The molecule has 0 unspecified atom stereocenters. The highest BCUT2D eigenvalue weighted by atomic mass is 33.1. The molecule has 0 radical (unpaired) electrons. The molecule has 6 atom stereocenters. The smallest absolute Gasteiger partial charge is 0.340 e. The highest BCUT2D eigenvalue weighted by Gasteiger charge is 2.68. The maximum absolute atomic E-state index is 14.2. The van der Waals surface area contributed by atoms with Gasteiger partial charge in [0.1, 0.15) is 22.7 Å². The van der Waals surface area contributed by atoms with Gasteiger partial charge in [-0.05, 0) is 98.7 Å². The minimum Gasteiger partial charge on any atom is -0.427 e. The molecular weight excluding hydrogens is 613 g/mol. The van der Waals surface area contributed by atoms with E-state index in [2.05, 4.69) is 54.9 Å². The zero-order valence-corrected chi connectivity index (χ0v) is 28.5. The lowest BCUT2D eigenvalue weighted by Gasteiger charge is -2.56. The first-order valence-electron chi connectivity index (χ1n) is 17.7. The molecule has 0 aromatic heterocycles. The Hall–Kier alpha value is -2.58. The van der Waals surface area contributed by atoms with E-state index >= 15 is 0 Å². The van der Waals surface area contributed by atoms with Gasteiger partial charge in [0, 0.05) is 34.9 Å². The summed E-state index contributed by atoms with van der Waals surface area (Å²) in [5, 5.41) is 7.52. The first-order valence-corrected chi connectivity index (χ1v) is 20.0. The fourth-order valence-corrected chi connectivity index (χ4v) is 13.2. The molecule has 5 aliphatic carbocycles. The van der Waals surface area contributed by atoms with E-state index in [-0.39, 0.29) is 34.6 Å². The number of dihydropyridines is 2. The Labute approximate surface area is 280 Å². The van der Waals surface area contributed by atoms with E-state index in [1.165, 1.54) is 42.4 Å². The van der Waals surface area contributed by atoms with Crippen molar-refractivity contribution >= 4 is 33.5 Å². The van der Waals surface area contributed by atoms with E-state index in [9.17, 15) is 9.59 Å². The molecule has 8 heteroatoms. The maximum atomic E-state index is 14.2. The second-order valence-electron chi connectivity index (χ2n) is 15.1. The number of fused-ring (bicyclic) bond motifs is 6. The number of carbonyl (C=O) groups excluding carboxylic acids is 2. The Balaban J connectivity index is 1.21. The zero-order valence-electron chi connectivity index (χ0n) is 26.9. The number of allylic oxidation sites excluding steroid dienone is 8. The van der Waals surface area contributed by atoms with Crippen molar-refractivity contribution < 1.29 is 19.1 Å². The molecule has 1 saturated heterocycles. The zero-order chi connectivity index (χ0) is 31.2. The van der Waals surface area contributed by atoms with Crippen molar-refractivity contribution in [2.24, 2.45) is 34.5 Å². The minimum absolute atomic E-state index is 0.0705. The summed E-state index contributed by atoms with van der Waals surface area (Å²) in [7, 11) is 3.77. The minimum atomic E-state index is -0.591. The highest BCUT2D eigenvalue weighted by Crippen LogP contribution is 2.71. The molecular formula is C38H44N2O4S2. The molecule has 2 saturated carbocycles. The number of esters is 2. The van der Waals surface area contributed by atoms with Gasteiger partial charge in [-0.2, -0.15) is 0 Å². The van der Waals surface area contributed by atoms with Gasteiger partial charge >= 0.3 is 11.9 Å². The van der Waals surface area contributed by atoms with Gasteiger partial charge in [-0.15, -0.1) is 0 Å². The van der Waals surface area contributed by atoms with Crippen LogP contribution in [0, 0.1) is 34.5 Å². The summed E-state index contributed by atoms with van der Waals surface area (Å²) >= 11 is 0. The van der Waals surface area contributed by atoms with Crippen molar-refractivity contribution in [2.75, 3.05) is 12.3 Å². The van der Waals surface area contributed by atoms with E-state index in [0.29, 0.717) is 11.8 Å². The van der Waals surface area contributed by atoms with Crippen molar-refractivity contribution in [1.29, 1.82) is 0 Å². The predicted molar refractivity (Wildman–Crippen MR) is 183 cm³/mol. The van der Waals surface area contributed by atoms with Crippen LogP contribution in [0.25, 0.3) is 0 Å². The van der Waals surface area contributed by atoms with Crippen LogP contribution < -0.4 is 10.6 Å². The normalized spacial score (nSPS) is 39.4. The van der Waals surface area contributed by atoms with Crippen LogP contribution in [0.1, 0.15) is 84.5 Å². The quantitative estimate of drug-likeness (QED) is 0.230. The standard InChI is InChI=1S/C38H44N2O4S2/c1-3-37(14-4-5-15-37)19-28-26-8-7-25-24-12-16-38(32(25)31(26)35(41)43-28)29-10-6-21(2)20-45-46-30-11-9-23-22(13-17-39-34(23)40-30)18-27(24)33(38)36(42)44-29/h9-11,13,19,21,24-25,30,32,39-40H,3-8,12,14-18,20H2,1-2H3/b28-19-,29-10-/t21-,24-,25-,30+,32+,38-/m0/s1. The fraction of sp³-hybridized carbons (Fsp3) is 0.579. The molecule has 0 aromatic rings. The molecule has 6 nitrogen and oxygen atoms in total. The molecule has 1 spiro atoms. The number of nitrogens with one attached hydrogen (secondary N) is 2. The number of carbonyl (C=O) groups is 2. The van der Waals surface area contributed by atoms with Crippen molar-refractivity contribution in [1.82, 2.24) is 10.6 Å². The van der Waals surface area contributed by atoms with Gasteiger partial charge < -0.3 is 20.1 Å². The van der Waals surface area contributed by atoms with E-state index < -0.39 is 5.41 Å².